The molecule has 3 unspecified atom stereocenters. The fourth-order valence-corrected chi connectivity index (χ4v) is 3.68. The Labute approximate surface area is 124 Å². The van der Waals surface area contributed by atoms with Gasteiger partial charge in [-0.25, -0.2) is 9.78 Å². The molecule has 0 amide bonds. The summed E-state index contributed by atoms with van der Waals surface area (Å²) >= 11 is 0. The number of fused-ring (bicyclic) bond motifs is 1. The summed E-state index contributed by atoms with van der Waals surface area (Å²) in [6.45, 7) is 6.64. The van der Waals surface area contributed by atoms with Crippen LogP contribution in [0.25, 0.3) is 11.0 Å². The van der Waals surface area contributed by atoms with E-state index in [1.54, 1.807) is 12.1 Å². The number of hydrogen-bond donors (Lipinski definition) is 1. The van der Waals surface area contributed by atoms with Crippen LogP contribution >= 0.6 is 0 Å². The zero-order valence-corrected chi connectivity index (χ0v) is 12.8. The molecule has 1 N–H and O–H groups in total. The third kappa shape index (κ3) is 2.13. The predicted octanol–water partition coefficient (Wildman–Crippen LogP) is 3.90. The van der Waals surface area contributed by atoms with E-state index in [-0.39, 0.29) is 0 Å². The SMILES string of the molecule is CCc1nc2cccc(C(=O)O)c2n1C1CCC(C)C1C. The summed E-state index contributed by atoms with van der Waals surface area (Å²) in [5.74, 6) is 1.36. The number of aryl methyl sites for hydroxylation is 1. The molecule has 2 aromatic rings. The second-order valence-electron chi connectivity index (χ2n) is 6.21. The number of para-hydroxylation sites is 1. The van der Waals surface area contributed by atoms with Gasteiger partial charge in [-0.1, -0.05) is 26.8 Å². The van der Waals surface area contributed by atoms with Crippen molar-refractivity contribution < 1.29 is 9.90 Å². The molecule has 1 saturated carbocycles. The Hall–Kier alpha value is -1.84. The van der Waals surface area contributed by atoms with Gasteiger partial charge < -0.3 is 9.67 Å². The molecular weight excluding hydrogens is 264 g/mol. The van der Waals surface area contributed by atoms with Crippen molar-refractivity contribution in [3.8, 4) is 0 Å². The molecule has 3 atom stereocenters. The summed E-state index contributed by atoms with van der Waals surface area (Å²) in [6.07, 6.45) is 3.13. The molecule has 0 bridgehead atoms. The van der Waals surface area contributed by atoms with Gasteiger partial charge in [-0.05, 0) is 36.8 Å². The highest BCUT2D eigenvalue weighted by molar-refractivity contribution is 6.01. The Morgan fingerprint density at radius 2 is 2.14 bits per heavy atom. The minimum absolute atomic E-state index is 0.362. The molecule has 0 spiro atoms. The monoisotopic (exact) mass is 286 g/mol. The lowest BCUT2D eigenvalue weighted by molar-refractivity contribution is 0.0698. The molecule has 1 fully saturated rings. The van der Waals surface area contributed by atoms with Crippen LogP contribution in [0.5, 0.6) is 0 Å². The number of carbonyl (C=O) groups is 1. The van der Waals surface area contributed by atoms with Crippen molar-refractivity contribution in [2.24, 2.45) is 11.8 Å². The van der Waals surface area contributed by atoms with Crippen molar-refractivity contribution in [1.82, 2.24) is 9.55 Å². The van der Waals surface area contributed by atoms with E-state index in [0.717, 1.165) is 29.7 Å². The van der Waals surface area contributed by atoms with Crippen LogP contribution < -0.4 is 0 Å². The Kier molecular flexibility index (Phi) is 3.47. The van der Waals surface area contributed by atoms with Crippen LogP contribution in [0.2, 0.25) is 0 Å². The van der Waals surface area contributed by atoms with Crippen LogP contribution in [0.4, 0.5) is 0 Å². The van der Waals surface area contributed by atoms with Crippen LogP contribution in [0.3, 0.4) is 0 Å². The van der Waals surface area contributed by atoms with E-state index in [9.17, 15) is 9.90 Å². The minimum Gasteiger partial charge on any atom is -0.478 e. The maximum absolute atomic E-state index is 11.6. The van der Waals surface area contributed by atoms with E-state index < -0.39 is 5.97 Å². The molecule has 4 heteroatoms. The highest BCUT2D eigenvalue weighted by Crippen LogP contribution is 2.42. The van der Waals surface area contributed by atoms with E-state index in [2.05, 4.69) is 30.3 Å². The zero-order chi connectivity index (χ0) is 15.1. The molecule has 112 valence electrons. The minimum atomic E-state index is -0.872. The van der Waals surface area contributed by atoms with E-state index in [1.165, 1.54) is 6.42 Å². The van der Waals surface area contributed by atoms with Gasteiger partial charge in [0, 0.05) is 12.5 Å². The number of nitrogens with zero attached hydrogens (tertiary/aromatic N) is 2. The second-order valence-corrected chi connectivity index (χ2v) is 6.21. The third-order valence-electron chi connectivity index (χ3n) is 5.08. The summed E-state index contributed by atoms with van der Waals surface area (Å²) in [5, 5.41) is 9.51. The fraction of sp³-hybridized carbons (Fsp3) is 0.529. The summed E-state index contributed by atoms with van der Waals surface area (Å²) in [4.78, 5) is 16.3. The topological polar surface area (TPSA) is 55.1 Å². The molecule has 4 nitrogen and oxygen atoms in total. The van der Waals surface area contributed by atoms with Crippen LogP contribution in [0.1, 0.15) is 55.8 Å². The first-order valence-electron chi connectivity index (χ1n) is 7.77. The van der Waals surface area contributed by atoms with Gasteiger partial charge in [0.1, 0.15) is 5.82 Å². The fourth-order valence-electron chi connectivity index (χ4n) is 3.68. The standard InChI is InChI=1S/C17H22N2O2/c1-4-15-18-13-7-5-6-12(17(20)21)16(13)19(15)14-9-8-10(2)11(14)3/h5-7,10-11,14H,4,8-9H2,1-3H3,(H,20,21). The first-order chi connectivity index (χ1) is 10.0. The molecule has 1 aliphatic rings. The van der Waals surface area contributed by atoms with Crippen molar-refractivity contribution in [3.05, 3.63) is 29.6 Å². The lowest BCUT2D eigenvalue weighted by Crippen LogP contribution is -2.18. The first kappa shape index (κ1) is 14.1. The first-order valence-corrected chi connectivity index (χ1v) is 7.77. The number of carboxylic acid groups (broad SMARTS) is 1. The number of aromatic carboxylic acids is 1. The van der Waals surface area contributed by atoms with Crippen molar-refractivity contribution in [2.75, 3.05) is 0 Å². The largest absolute Gasteiger partial charge is 0.478 e. The molecule has 1 aromatic heterocycles. The van der Waals surface area contributed by atoms with Crippen molar-refractivity contribution in [1.29, 1.82) is 0 Å². The summed E-state index contributed by atoms with van der Waals surface area (Å²) < 4.78 is 2.22. The molecule has 3 rings (SSSR count). The molecule has 1 aliphatic carbocycles. The number of hydrogen-bond acceptors (Lipinski definition) is 2. The van der Waals surface area contributed by atoms with Gasteiger partial charge in [0.25, 0.3) is 0 Å². The van der Waals surface area contributed by atoms with Gasteiger partial charge in [0.05, 0.1) is 16.6 Å². The van der Waals surface area contributed by atoms with Gasteiger partial charge >= 0.3 is 5.97 Å². The van der Waals surface area contributed by atoms with Crippen molar-refractivity contribution >= 4 is 17.0 Å². The molecule has 21 heavy (non-hydrogen) atoms. The number of carboxylic acids is 1. The number of benzene rings is 1. The highest BCUT2D eigenvalue weighted by Gasteiger charge is 2.34. The average molecular weight is 286 g/mol. The second kappa shape index (κ2) is 5.17. The van der Waals surface area contributed by atoms with Gasteiger partial charge in [0.2, 0.25) is 0 Å². The van der Waals surface area contributed by atoms with E-state index in [4.69, 9.17) is 0 Å². The van der Waals surface area contributed by atoms with Gasteiger partial charge in [-0.3, -0.25) is 0 Å². The summed E-state index contributed by atoms with van der Waals surface area (Å²) in [5.41, 5.74) is 1.97. The summed E-state index contributed by atoms with van der Waals surface area (Å²) in [7, 11) is 0. The lowest BCUT2D eigenvalue weighted by atomic mass is 9.97. The number of rotatable bonds is 3. The Balaban J connectivity index is 2.27. The molecule has 0 saturated heterocycles. The van der Waals surface area contributed by atoms with Crippen LogP contribution in [-0.4, -0.2) is 20.6 Å². The van der Waals surface area contributed by atoms with E-state index >= 15 is 0 Å². The highest BCUT2D eigenvalue weighted by atomic mass is 16.4. The van der Waals surface area contributed by atoms with Crippen LogP contribution in [0.15, 0.2) is 18.2 Å². The maximum Gasteiger partial charge on any atom is 0.337 e. The Morgan fingerprint density at radius 1 is 1.38 bits per heavy atom. The quantitative estimate of drug-likeness (QED) is 0.931. The number of aromatic nitrogens is 2. The smallest absolute Gasteiger partial charge is 0.337 e. The normalized spacial score (nSPS) is 25.6. The maximum atomic E-state index is 11.6. The molecule has 1 aromatic carbocycles. The molecule has 1 heterocycles. The van der Waals surface area contributed by atoms with Gasteiger partial charge in [-0.2, -0.15) is 0 Å². The van der Waals surface area contributed by atoms with Crippen molar-refractivity contribution in [2.45, 2.75) is 46.1 Å². The Bertz CT molecular complexity index is 689. The van der Waals surface area contributed by atoms with E-state index in [1.807, 2.05) is 6.07 Å². The third-order valence-corrected chi connectivity index (χ3v) is 5.08. The summed E-state index contributed by atoms with van der Waals surface area (Å²) in [6, 6.07) is 5.75. The van der Waals surface area contributed by atoms with Crippen molar-refractivity contribution in [3.63, 3.8) is 0 Å². The average Bonchev–Trinajstić information content (AvgIpc) is 2.99. The van der Waals surface area contributed by atoms with Crippen LogP contribution in [-0.2, 0) is 6.42 Å². The lowest BCUT2D eigenvalue weighted by Gasteiger charge is -2.23. The predicted molar refractivity (Wildman–Crippen MR) is 82.7 cm³/mol. The van der Waals surface area contributed by atoms with Gasteiger partial charge in [-0.15, -0.1) is 0 Å². The van der Waals surface area contributed by atoms with Crippen LogP contribution in [0, 0.1) is 11.8 Å². The van der Waals surface area contributed by atoms with E-state index in [0.29, 0.717) is 23.4 Å². The molecule has 0 radical (unpaired) electrons. The zero-order valence-electron chi connectivity index (χ0n) is 12.8. The molecule has 0 aliphatic heterocycles. The Morgan fingerprint density at radius 3 is 2.71 bits per heavy atom. The number of imidazole rings is 1. The van der Waals surface area contributed by atoms with Gasteiger partial charge in [0.15, 0.2) is 0 Å². The molecular formula is C17H22N2O2.